The highest BCUT2D eigenvalue weighted by Crippen LogP contribution is 2.31. The maximum atomic E-state index is 13.1. The van der Waals surface area contributed by atoms with Crippen LogP contribution in [-0.4, -0.2) is 40.6 Å². The number of rotatable bonds is 3. The van der Waals surface area contributed by atoms with Crippen LogP contribution in [0.3, 0.4) is 0 Å². The second kappa shape index (κ2) is 5.97. The van der Waals surface area contributed by atoms with Gasteiger partial charge in [-0.25, -0.2) is 8.42 Å². The summed E-state index contributed by atoms with van der Waals surface area (Å²) >= 11 is 0. The van der Waals surface area contributed by atoms with Crippen molar-refractivity contribution >= 4 is 10.0 Å². The Bertz CT molecular complexity index is 859. The van der Waals surface area contributed by atoms with Crippen LogP contribution in [-0.2, 0) is 29.9 Å². The van der Waals surface area contributed by atoms with Crippen molar-refractivity contribution in [2.45, 2.75) is 42.9 Å². The van der Waals surface area contributed by atoms with Crippen LogP contribution in [0.25, 0.3) is 0 Å². The summed E-state index contributed by atoms with van der Waals surface area (Å²) in [5, 5.41) is 8.09. The van der Waals surface area contributed by atoms with Gasteiger partial charge in [-0.15, -0.1) is 10.2 Å². The van der Waals surface area contributed by atoms with E-state index in [9.17, 15) is 8.42 Å². The Morgan fingerprint density at radius 1 is 1.17 bits per heavy atom. The molecule has 0 N–H and O–H groups in total. The van der Waals surface area contributed by atoms with E-state index in [-0.39, 0.29) is 5.92 Å². The quantitative estimate of drug-likeness (QED) is 0.851. The van der Waals surface area contributed by atoms with E-state index in [2.05, 4.69) is 10.2 Å². The Labute approximate surface area is 142 Å². The molecule has 2 aromatic rings. The molecule has 0 unspecified atom stereocenters. The minimum atomic E-state index is -3.44. The fourth-order valence-electron chi connectivity index (χ4n) is 3.89. The number of benzene rings is 1. The van der Waals surface area contributed by atoms with Crippen molar-refractivity contribution in [3.05, 3.63) is 41.5 Å². The van der Waals surface area contributed by atoms with Gasteiger partial charge in [0.1, 0.15) is 12.2 Å². The fourth-order valence-corrected chi connectivity index (χ4v) is 5.47. The van der Waals surface area contributed by atoms with Gasteiger partial charge in [-0.05, 0) is 55.4 Å². The lowest BCUT2D eigenvalue weighted by Gasteiger charge is -2.31. The Morgan fingerprint density at radius 3 is 2.79 bits per heavy atom. The van der Waals surface area contributed by atoms with E-state index in [0.29, 0.717) is 18.0 Å². The number of sulfonamides is 1. The van der Waals surface area contributed by atoms with E-state index >= 15 is 0 Å². The van der Waals surface area contributed by atoms with E-state index < -0.39 is 10.0 Å². The van der Waals surface area contributed by atoms with Crippen LogP contribution in [0.5, 0.6) is 0 Å². The number of fused-ring (bicyclic) bond motifs is 1. The van der Waals surface area contributed by atoms with Crippen LogP contribution in [0.4, 0.5) is 0 Å². The minimum absolute atomic E-state index is 0.107. The predicted octanol–water partition coefficient (Wildman–Crippen LogP) is 1.87. The molecule has 0 radical (unpaired) electrons. The molecule has 1 aromatic carbocycles. The normalized spacial score (nSPS) is 21.8. The number of piperidine rings is 1. The summed E-state index contributed by atoms with van der Waals surface area (Å²) in [5.74, 6) is 0.972. The molecule has 2 heterocycles. The Kier molecular flexibility index (Phi) is 3.92. The van der Waals surface area contributed by atoms with Crippen molar-refractivity contribution in [3.8, 4) is 0 Å². The summed E-state index contributed by atoms with van der Waals surface area (Å²) in [6.07, 6.45) is 6.64. The van der Waals surface area contributed by atoms with Crippen molar-refractivity contribution < 1.29 is 8.42 Å². The molecule has 1 fully saturated rings. The number of aromatic nitrogens is 3. The van der Waals surface area contributed by atoms with Gasteiger partial charge in [0.2, 0.25) is 10.0 Å². The molecule has 4 rings (SSSR count). The highest BCUT2D eigenvalue weighted by molar-refractivity contribution is 7.89. The zero-order chi connectivity index (χ0) is 16.7. The van der Waals surface area contributed by atoms with Gasteiger partial charge in [0, 0.05) is 26.1 Å². The summed E-state index contributed by atoms with van der Waals surface area (Å²) < 4.78 is 29.6. The summed E-state index contributed by atoms with van der Waals surface area (Å²) in [5.41, 5.74) is 2.49. The molecular formula is C17H22N4O2S. The third-order valence-electron chi connectivity index (χ3n) is 5.20. The number of hydrogen-bond donors (Lipinski definition) is 0. The summed E-state index contributed by atoms with van der Waals surface area (Å²) in [6.45, 7) is 1.06. The SMILES string of the molecule is Cn1cnnc1[C@H]1CCCN(S(=O)(=O)c2ccc3c(c2)CCC3)C1. The van der Waals surface area contributed by atoms with Crippen molar-refractivity contribution in [3.63, 3.8) is 0 Å². The molecule has 0 saturated carbocycles. The van der Waals surface area contributed by atoms with Crippen LogP contribution in [0.2, 0.25) is 0 Å². The lowest BCUT2D eigenvalue weighted by Crippen LogP contribution is -2.39. The van der Waals surface area contributed by atoms with Gasteiger partial charge in [0.25, 0.3) is 0 Å². The zero-order valence-corrected chi connectivity index (χ0v) is 14.7. The highest BCUT2D eigenvalue weighted by Gasteiger charge is 2.33. The average molecular weight is 346 g/mol. The van der Waals surface area contributed by atoms with Crippen molar-refractivity contribution in [2.75, 3.05) is 13.1 Å². The van der Waals surface area contributed by atoms with E-state index in [1.165, 1.54) is 11.1 Å². The first kappa shape index (κ1) is 15.8. The standard InChI is InChI=1S/C17H22N4O2S/c1-20-12-18-19-17(20)15-6-3-9-21(11-15)24(22,23)16-8-7-13-4-2-5-14(13)10-16/h7-8,10,12,15H,2-6,9,11H2,1H3/t15-/m0/s1. The smallest absolute Gasteiger partial charge is 0.243 e. The van der Waals surface area contributed by atoms with Gasteiger partial charge in [-0.3, -0.25) is 0 Å². The maximum absolute atomic E-state index is 13.1. The first-order valence-electron chi connectivity index (χ1n) is 8.51. The molecule has 6 nitrogen and oxygen atoms in total. The van der Waals surface area contributed by atoms with Crippen LogP contribution in [0, 0.1) is 0 Å². The molecule has 24 heavy (non-hydrogen) atoms. The summed E-state index contributed by atoms with van der Waals surface area (Å²) in [6, 6.07) is 5.63. The van der Waals surface area contributed by atoms with Crippen LogP contribution >= 0.6 is 0 Å². The Hall–Kier alpha value is -1.73. The van der Waals surface area contributed by atoms with Crippen molar-refractivity contribution in [1.82, 2.24) is 19.1 Å². The fraction of sp³-hybridized carbons (Fsp3) is 0.529. The van der Waals surface area contributed by atoms with E-state index in [4.69, 9.17) is 0 Å². The minimum Gasteiger partial charge on any atom is -0.320 e. The van der Waals surface area contributed by atoms with E-state index in [0.717, 1.165) is 37.9 Å². The van der Waals surface area contributed by atoms with Gasteiger partial charge >= 0.3 is 0 Å². The zero-order valence-electron chi connectivity index (χ0n) is 13.9. The molecule has 0 bridgehead atoms. The van der Waals surface area contributed by atoms with E-state index in [1.807, 2.05) is 23.7 Å². The molecular weight excluding hydrogens is 324 g/mol. The van der Waals surface area contributed by atoms with Crippen LogP contribution < -0.4 is 0 Å². The van der Waals surface area contributed by atoms with Crippen molar-refractivity contribution in [2.24, 2.45) is 7.05 Å². The Balaban J connectivity index is 1.61. The molecule has 2 aliphatic rings. The molecule has 1 aliphatic heterocycles. The topological polar surface area (TPSA) is 68.1 Å². The van der Waals surface area contributed by atoms with Crippen LogP contribution in [0.15, 0.2) is 29.4 Å². The second-order valence-electron chi connectivity index (χ2n) is 6.79. The third kappa shape index (κ3) is 2.65. The highest BCUT2D eigenvalue weighted by atomic mass is 32.2. The molecule has 1 aromatic heterocycles. The lowest BCUT2D eigenvalue weighted by molar-refractivity contribution is 0.306. The molecule has 0 spiro atoms. The molecule has 1 atom stereocenters. The molecule has 128 valence electrons. The Morgan fingerprint density at radius 2 is 2.00 bits per heavy atom. The van der Waals surface area contributed by atoms with Gasteiger partial charge in [0.05, 0.1) is 4.90 Å². The predicted molar refractivity (Wildman–Crippen MR) is 90.2 cm³/mol. The maximum Gasteiger partial charge on any atom is 0.243 e. The molecule has 0 amide bonds. The number of nitrogens with zero attached hydrogens (tertiary/aromatic N) is 4. The van der Waals surface area contributed by atoms with E-state index in [1.54, 1.807) is 16.7 Å². The number of hydrogen-bond acceptors (Lipinski definition) is 4. The summed E-state index contributed by atoms with van der Waals surface area (Å²) in [7, 11) is -1.54. The molecule has 7 heteroatoms. The first-order valence-corrected chi connectivity index (χ1v) is 9.95. The van der Waals surface area contributed by atoms with Gasteiger partial charge < -0.3 is 4.57 Å². The third-order valence-corrected chi connectivity index (χ3v) is 7.06. The van der Waals surface area contributed by atoms with Gasteiger partial charge in [0.15, 0.2) is 0 Å². The molecule has 1 saturated heterocycles. The second-order valence-corrected chi connectivity index (χ2v) is 8.72. The van der Waals surface area contributed by atoms with Crippen molar-refractivity contribution in [1.29, 1.82) is 0 Å². The average Bonchev–Trinajstić information content (AvgIpc) is 3.22. The van der Waals surface area contributed by atoms with Gasteiger partial charge in [-0.2, -0.15) is 4.31 Å². The lowest BCUT2D eigenvalue weighted by atomic mass is 9.99. The summed E-state index contributed by atoms with van der Waals surface area (Å²) in [4.78, 5) is 0.432. The number of aryl methyl sites for hydroxylation is 3. The monoisotopic (exact) mass is 346 g/mol. The first-order chi connectivity index (χ1) is 11.6. The van der Waals surface area contributed by atoms with Gasteiger partial charge in [-0.1, -0.05) is 6.07 Å². The molecule has 1 aliphatic carbocycles. The van der Waals surface area contributed by atoms with Crippen LogP contribution in [0.1, 0.15) is 42.1 Å². The largest absolute Gasteiger partial charge is 0.320 e.